The molecule has 1 aromatic heterocycles. The van der Waals surface area contributed by atoms with Gasteiger partial charge in [-0.2, -0.15) is 11.8 Å². The highest BCUT2D eigenvalue weighted by atomic mass is 79.9. The molecule has 0 bridgehead atoms. The Morgan fingerprint density at radius 1 is 1.18 bits per heavy atom. The molecule has 3 rings (SSSR count). The normalized spacial score (nSPS) is 21.5. The van der Waals surface area contributed by atoms with Crippen LogP contribution in [0.4, 0.5) is 5.82 Å². The average Bonchev–Trinajstić information content (AvgIpc) is 3.13. The van der Waals surface area contributed by atoms with E-state index >= 15 is 0 Å². The summed E-state index contributed by atoms with van der Waals surface area (Å²) in [6, 6.07) is 2.58. The van der Waals surface area contributed by atoms with Gasteiger partial charge < -0.3 is 5.32 Å². The topological polar surface area (TPSA) is 37.8 Å². The van der Waals surface area contributed by atoms with Gasteiger partial charge in [-0.05, 0) is 53.1 Å². The van der Waals surface area contributed by atoms with Crippen molar-refractivity contribution in [3.05, 3.63) is 16.5 Å². The molecular weight excluding hydrogens is 298 g/mol. The number of nitrogens with one attached hydrogen (secondary N) is 1. The van der Waals surface area contributed by atoms with E-state index in [-0.39, 0.29) is 0 Å². The number of rotatable bonds is 3. The zero-order valence-electron chi connectivity index (χ0n) is 9.66. The highest BCUT2D eigenvalue weighted by Gasteiger charge is 2.27. The van der Waals surface area contributed by atoms with Crippen molar-refractivity contribution in [3.8, 4) is 0 Å². The summed E-state index contributed by atoms with van der Waals surface area (Å²) in [7, 11) is 0. The Bertz CT molecular complexity index is 403. The number of thioether (sulfide) groups is 1. The molecule has 1 aliphatic heterocycles. The summed E-state index contributed by atoms with van der Waals surface area (Å²) in [5, 5.41) is 3.55. The van der Waals surface area contributed by atoms with Crippen molar-refractivity contribution in [2.45, 2.75) is 37.6 Å². The van der Waals surface area contributed by atoms with Gasteiger partial charge in [0.05, 0.1) is 0 Å². The second kappa shape index (κ2) is 5.14. The molecule has 0 unspecified atom stereocenters. The molecule has 0 aromatic carbocycles. The third-order valence-corrected chi connectivity index (χ3v) is 4.68. The van der Waals surface area contributed by atoms with E-state index in [4.69, 9.17) is 0 Å². The number of hydrogen-bond acceptors (Lipinski definition) is 4. The predicted octanol–water partition coefficient (Wildman–Crippen LogP) is 3.42. The van der Waals surface area contributed by atoms with Gasteiger partial charge in [-0.3, -0.25) is 0 Å². The largest absolute Gasteiger partial charge is 0.367 e. The van der Waals surface area contributed by atoms with E-state index in [2.05, 4.69) is 31.2 Å². The Morgan fingerprint density at radius 3 is 2.65 bits per heavy atom. The summed E-state index contributed by atoms with van der Waals surface area (Å²) >= 11 is 5.53. The van der Waals surface area contributed by atoms with E-state index in [1.54, 1.807) is 0 Å². The van der Waals surface area contributed by atoms with Gasteiger partial charge in [-0.1, -0.05) is 0 Å². The molecule has 0 amide bonds. The number of hydrogen-bond donors (Lipinski definition) is 1. The summed E-state index contributed by atoms with van der Waals surface area (Å²) in [4.78, 5) is 9.08. The molecule has 3 nitrogen and oxygen atoms in total. The standard InChI is InChI=1S/C12H16BrN3S/c13-10-7-11(14-9-3-5-17-6-4-9)16-12(15-10)8-1-2-8/h7-9H,1-6H2,(H,14,15,16). The maximum atomic E-state index is 4.63. The van der Waals surface area contributed by atoms with E-state index in [1.165, 1.54) is 37.2 Å². The maximum Gasteiger partial charge on any atom is 0.135 e. The minimum absolute atomic E-state index is 0.588. The monoisotopic (exact) mass is 313 g/mol. The fraction of sp³-hybridized carbons (Fsp3) is 0.667. The van der Waals surface area contributed by atoms with Crippen LogP contribution in [0.1, 0.15) is 37.4 Å². The van der Waals surface area contributed by atoms with Crippen molar-refractivity contribution in [1.82, 2.24) is 9.97 Å². The van der Waals surface area contributed by atoms with Crippen molar-refractivity contribution in [3.63, 3.8) is 0 Å². The first-order valence-corrected chi connectivity index (χ1v) is 8.15. The smallest absolute Gasteiger partial charge is 0.135 e. The molecule has 0 spiro atoms. The first kappa shape index (κ1) is 11.8. The lowest BCUT2D eigenvalue weighted by Gasteiger charge is -2.23. The molecular formula is C12H16BrN3S. The van der Waals surface area contributed by atoms with Gasteiger partial charge in [0, 0.05) is 18.0 Å². The molecule has 0 atom stereocenters. The lowest BCUT2D eigenvalue weighted by molar-refractivity contribution is 0.662. The van der Waals surface area contributed by atoms with E-state index in [0.717, 1.165) is 16.2 Å². The van der Waals surface area contributed by atoms with Crippen molar-refractivity contribution in [2.24, 2.45) is 0 Å². The van der Waals surface area contributed by atoms with E-state index in [1.807, 2.05) is 17.8 Å². The highest BCUT2D eigenvalue weighted by Crippen LogP contribution is 2.38. The first-order chi connectivity index (χ1) is 8.31. The van der Waals surface area contributed by atoms with Gasteiger partial charge in [-0.15, -0.1) is 0 Å². The molecule has 2 fully saturated rings. The first-order valence-electron chi connectivity index (χ1n) is 6.20. The Morgan fingerprint density at radius 2 is 1.94 bits per heavy atom. The van der Waals surface area contributed by atoms with Crippen LogP contribution < -0.4 is 5.32 Å². The Kier molecular flexibility index (Phi) is 3.56. The lowest BCUT2D eigenvalue weighted by Crippen LogP contribution is -2.25. The SMILES string of the molecule is Brc1cc(NC2CCSCC2)nc(C2CC2)n1. The summed E-state index contributed by atoms with van der Waals surface area (Å²) in [5.74, 6) is 5.13. The molecule has 17 heavy (non-hydrogen) atoms. The molecule has 2 heterocycles. The van der Waals surface area contributed by atoms with Gasteiger partial charge >= 0.3 is 0 Å². The number of anilines is 1. The number of aromatic nitrogens is 2. The van der Waals surface area contributed by atoms with Crippen LogP contribution in [-0.2, 0) is 0 Å². The van der Waals surface area contributed by atoms with Gasteiger partial charge in [-0.25, -0.2) is 9.97 Å². The third kappa shape index (κ3) is 3.13. The number of halogens is 1. The van der Waals surface area contributed by atoms with Crippen molar-refractivity contribution < 1.29 is 0 Å². The predicted molar refractivity (Wildman–Crippen MR) is 75.7 cm³/mol. The van der Waals surface area contributed by atoms with Gasteiger partial charge in [0.15, 0.2) is 0 Å². The fourth-order valence-electron chi connectivity index (χ4n) is 2.08. The van der Waals surface area contributed by atoms with Crippen LogP contribution in [0.3, 0.4) is 0 Å². The second-order valence-corrected chi connectivity index (χ2v) is 6.78. The van der Waals surface area contributed by atoms with Gasteiger partial charge in [0.25, 0.3) is 0 Å². The van der Waals surface area contributed by atoms with Crippen LogP contribution in [0.2, 0.25) is 0 Å². The van der Waals surface area contributed by atoms with Crippen LogP contribution in [-0.4, -0.2) is 27.5 Å². The minimum Gasteiger partial charge on any atom is -0.367 e. The van der Waals surface area contributed by atoms with Crippen LogP contribution in [0, 0.1) is 0 Å². The van der Waals surface area contributed by atoms with E-state index < -0.39 is 0 Å². The molecule has 92 valence electrons. The number of nitrogens with zero attached hydrogens (tertiary/aromatic N) is 2. The summed E-state index contributed by atoms with van der Waals surface area (Å²) in [6.07, 6.45) is 4.97. The van der Waals surface area contributed by atoms with Crippen LogP contribution in [0.25, 0.3) is 0 Å². The summed E-state index contributed by atoms with van der Waals surface area (Å²) in [6.45, 7) is 0. The second-order valence-electron chi connectivity index (χ2n) is 4.74. The molecule has 1 aliphatic carbocycles. The molecule has 2 aliphatic rings. The van der Waals surface area contributed by atoms with Gasteiger partial charge in [0.1, 0.15) is 16.2 Å². The zero-order chi connectivity index (χ0) is 11.7. The van der Waals surface area contributed by atoms with Crippen molar-refractivity contribution >= 4 is 33.5 Å². The fourth-order valence-corrected chi connectivity index (χ4v) is 3.59. The van der Waals surface area contributed by atoms with E-state index in [9.17, 15) is 0 Å². The lowest BCUT2D eigenvalue weighted by atomic mass is 10.1. The van der Waals surface area contributed by atoms with Crippen molar-refractivity contribution in [2.75, 3.05) is 16.8 Å². The van der Waals surface area contributed by atoms with Crippen LogP contribution in [0.5, 0.6) is 0 Å². The van der Waals surface area contributed by atoms with E-state index in [0.29, 0.717) is 12.0 Å². The average molecular weight is 314 g/mol. The molecule has 1 aromatic rings. The van der Waals surface area contributed by atoms with Gasteiger partial charge in [0.2, 0.25) is 0 Å². The van der Waals surface area contributed by atoms with Crippen molar-refractivity contribution in [1.29, 1.82) is 0 Å². The zero-order valence-corrected chi connectivity index (χ0v) is 12.1. The van der Waals surface area contributed by atoms with Crippen LogP contribution in [0.15, 0.2) is 10.7 Å². The Labute approximate surface area is 114 Å². The maximum absolute atomic E-state index is 4.63. The third-order valence-electron chi connectivity index (χ3n) is 3.23. The molecule has 5 heteroatoms. The quantitative estimate of drug-likeness (QED) is 0.868. The summed E-state index contributed by atoms with van der Waals surface area (Å²) < 4.78 is 0.905. The Balaban J connectivity index is 1.72. The highest BCUT2D eigenvalue weighted by molar-refractivity contribution is 9.10. The molecule has 1 saturated carbocycles. The van der Waals surface area contributed by atoms with Crippen LogP contribution >= 0.6 is 27.7 Å². The molecule has 1 saturated heterocycles. The summed E-state index contributed by atoms with van der Waals surface area (Å²) in [5.41, 5.74) is 0. The molecule has 1 N–H and O–H groups in total. The molecule has 0 radical (unpaired) electrons. The minimum atomic E-state index is 0.588. The Hall–Kier alpha value is -0.290.